The fourth-order valence-corrected chi connectivity index (χ4v) is 1.42. The SMILES string of the molecule is COCC[O][AlH2-][O]CCOC.[H-].[HH].[Na+]. The average molecular weight is 205 g/mol. The number of hydrogen-bond acceptors (Lipinski definition) is 4. The monoisotopic (exact) mass is 205 g/mol. The summed E-state index contributed by atoms with van der Waals surface area (Å²) in [6.45, 7) is 2.63. The molecule has 0 N–H and O–H groups in total. The van der Waals surface area contributed by atoms with Gasteiger partial charge in [0.25, 0.3) is 0 Å². The standard InChI is InChI=1S/2C3H7O2.Al.Na.H2.3H/c2*1-5-3-2-4;;;;;;/h2*2-3H2,1H3;;;1H;;;/q2*-1;2*+1;;;;-1. The van der Waals surface area contributed by atoms with Gasteiger partial charge in [-0.1, -0.05) is 0 Å². The van der Waals surface area contributed by atoms with Gasteiger partial charge in [-0.15, -0.1) is 0 Å². The van der Waals surface area contributed by atoms with Gasteiger partial charge in [-0.2, -0.15) is 0 Å². The zero-order valence-electron chi connectivity index (χ0n) is 9.46. The Kier molecular flexibility index (Phi) is 19.6. The summed E-state index contributed by atoms with van der Waals surface area (Å²) >= 11 is -1.23. The summed E-state index contributed by atoms with van der Waals surface area (Å²) in [6, 6.07) is 0. The van der Waals surface area contributed by atoms with Crippen molar-refractivity contribution in [3.63, 3.8) is 0 Å². The fraction of sp³-hybridized carbons (Fsp3) is 1.00. The van der Waals surface area contributed by atoms with Crippen LogP contribution in [0.4, 0.5) is 0 Å². The minimum Gasteiger partial charge on any atom is -1.00 e. The van der Waals surface area contributed by atoms with Crippen molar-refractivity contribution in [1.82, 2.24) is 0 Å². The van der Waals surface area contributed by atoms with Crippen LogP contribution in [0.5, 0.6) is 0 Å². The summed E-state index contributed by atoms with van der Waals surface area (Å²) in [4.78, 5) is 0. The Balaban J connectivity index is -0.000000167. The first-order valence-corrected chi connectivity index (χ1v) is 5.42. The predicted octanol–water partition coefficient (Wildman–Crippen LogP) is -3.33. The molecule has 0 saturated carbocycles. The summed E-state index contributed by atoms with van der Waals surface area (Å²) < 4.78 is 20.0. The van der Waals surface area contributed by atoms with Gasteiger partial charge in [-0.05, 0) is 0 Å². The Bertz CT molecular complexity index is 76.9. The van der Waals surface area contributed by atoms with Crippen molar-refractivity contribution in [2.45, 2.75) is 0 Å². The third-order valence-electron chi connectivity index (χ3n) is 1.22. The molecule has 0 saturated heterocycles. The molecule has 0 aromatic heterocycles. The van der Waals surface area contributed by atoms with Crippen LogP contribution in [0.15, 0.2) is 0 Å². The minimum atomic E-state index is -1.23. The summed E-state index contributed by atoms with van der Waals surface area (Å²) in [7, 11) is 3.31. The Hall–Kier alpha value is 1.37. The van der Waals surface area contributed by atoms with Gasteiger partial charge >= 0.3 is 45.4 Å². The Morgan fingerprint density at radius 3 is 1.75 bits per heavy atom. The maximum atomic E-state index is 5.21. The molecule has 0 atom stereocenters. The fourth-order valence-electron chi connectivity index (χ4n) is 0.583. The van der Waals surface area contributed by atoms with Crippen molar-refractivity contribution in [2.75, 3.05) is 40.6 Å². The van der Waals surface area contributed by atoms with E-state index in [1.807, 2.05) is 0 Å². The maximum absolute atomic E-state index is 5.21. The molecule has 0 unspecified atom stereocenters. The molecule has 4 nitrogen and oxygen atoms in total. The van der Waals surface area contributed by atoms with Crippen molar-refractivity contribution in [2.24, 2.45) is 0 Å². The largest absolute Gasteiger partial charge is 1.00 e. The van der Waals surface area contributed by atoms with E-state index in [1.165, 1.54) is 0 Å². The second kappa shape index (κ2) is 14.9. The van der Waals surface area contributed by atoms with Crippen LogP contribution in [0.2, 0.25) is 0 Å². The normalized spacial score (nSPS) is 9.50. The van der Waals surface area contributed by atoms with Crippen LogP contribution >= 0.6 is 0 Å². The Morgan fingerprint density at radius 2 is 1.42 bits per heavy atom. The zero-order valence-corrected chi connectivity index (χ0v) is 12.5. The van der Waals surface area contributed by atoms with Crippen LogP contribution in [-0.4, -0.2) is 56.5 Å². The molecule has 0 aromatic rings. The minimum absolute atomic E-state index is 0. The van der Waals surface area contributed by atoms with Gasteiger partial charge in [0.15, 0.2) is 0 Å². The van der Waals surface area contributed by atoms with Crippen molar-refractivity contribution >= 4 is 15.9 Å². The van der Waals surface area contributed by atoms with Crippen molar-refractivity contribution in [3.8, 4) is 0 Å². The second-order valence-corrected chi connectivity index (χ2v) is 3.63. The molecule has 0 aliphatic carbocycles. The van der Waals surface area contributed by atoms with Gasteiger partial charge in [0.2, 0.25) is 0 Å². The number of methoxy groups -OCH3 is 2. The maximum Gasteiger partial charge on any atom is 1.00 e. The van der Waals surface area contributed by atoms with Gasteiger partial charge in [0.1, 0.15) is 0 Å². The third kappa shape index (κ3) is 13.9. The number of hydrogen-bond donors (Lipinski definition) is 0. The van der Waals surface area contributed by atoms with E-state index in [1.54, 1.807) is 14.2 Å². The number of rotatable bonds is 8. The van der Waals surface area contributed by atoms with Gasteiger partial charge in [0.05, 0.1) is 13.2 Å². The molecular weight excluding hydrogens is 186 g/mol. The van der Waals surface area contributed by atoms with Crippen molar-refractivity contribution in [3.05, 3.63) is 0 Å². The van der Waals surface area contributed by atoms with Crippen LogP contribution in [0.25, 0.3) is 0 Å². The van der Waals surface area contributed by atoms with Crippen LogP contribution in [-0.2, 0) is 17.1 Å². The van der Waals surface area contributed by atoms with E-state index in [0.717, 1.165) is 0 Å². The van der Waals surface area contributed by atoms with E-state index in [4.69, 9.17) is 17.1 Å². The van der Waals surface area contributed by atoms with Gasteiger partial charge in [-0.25, -0.2) is 0 Å². The van der Waals surface area contributed by atoms with E-state index >= 15 is 0 Å². The topological polar surface area (TPSA) is 36.9 Å². The summed E-state index contributed by atoms with van der Waals surface area (Å²) in [5, 5.41) is 0. The van der Waals surface area contributed by atoms with Gasteiger partial charge < -0.3 is 18.5 Å². The van der Waals surface area contributed by atoms with Crippen LogP contribution in [0.1, 0.15) is 2.85 Å². The third-order valence-corrected chi connectivity index (χ3v) is 2.51. The summed E-state index contributed by atoms with van der Waals surface area (Å²) in [6.07, 6.45) is 0. The molecule has 72 valence electrons. The molecule has 0 aromatic carbocycles. The molecule has 0 spiro atoms. The van der Waals surface area contributed by atoms with Crippen molar-refractivity contribution < 1.29 is 49.5 Å². The molecule has 0 amide bonds. The van der Waals surface area contributed by atoms with E-state index in [9.17, 15) is 0 Å². The van der Waals surface area contributed by atoms with Crippen LogP contribution in [0.3, 0.4) is 0 Å². The zero-order chi connectivity index (χ0) is 8.36. The molecule has 6 heteroatoms. The van der Waals surface area contributed by atoms with E-state index in [2.05, 4.69) is 0 Å². The van der Waals surface area contributed by atoms with E-state index < -0.39 is 15.9 Å². The van der Waals surface area contributed by atoms with Gasteiger partial charge in [0, 0.05) is 28.9 Å². The van der Waals surface area contributed by atoms with E-state index in [0.29, 0.717) is 26.4 Å². The first kappa shape index (κ1) is 15.8. The average Bonchev–Trinajstić information content (AvgIpc) is 2.03. The molecule has 0 heterocycles. The van der Waals surface area contributed by atoms with Crippen molar-refractivity contribution in [1.29, 1.82) is 0 Å². The molecular formula is C6H19AlNaO4-. The number of ether oxygens (including phenoxy) is 2. The van der Waals surface area contributed by atoms with Crippen LogP contribution < -0.4 is 29.6 Å². The Labute approximate surface area is 106 Å². The molecule has 0 fully saturated rings. The summed E-state index contributed by atoms with van der Waals surface area (Å²) in [5.41, 5.74) is 0. The Morgan fingerprint density at radius 1 is 1.00 bits per heavy atom. The summed E-state index contributed by atoms with van der Waals surface area (Å²) in [5.74, 6) is 0. The molecule has 0 aliphatic heterocycles. The first-order chi connectivity index (χ1) is 5.41. The quantitative estimate of drug-likeness (QED) is 0.307. The van der Waals surface area contributed by atoms with Crippen LogP contribution in [0, 0.1) is 0 Å². The molecule has 0 rings (SSSR count). The molecule has 0 aliphatic rings. The second-order valence-electron chi connectivity index (χ2n) is 2.14. The van der Waals surface area contributed by atoms with E-state index in [-0.39, 0.29) is 32.4 Å². The molecule has 12 heavy (non-hydrogen) atoms. The smallest absolute Gasteiger partial charge is 1.00 e. The van der Waals surface area contributed by atoms with Gasteiger partial charge in [-0.3, -0.25) is 0 Å². The predicted molar refractivity (Wildman–Crippen MR) is 47.4 cm³/mol. The molecule has 0 radical (unpaired) electrons. The molecule has 0 bridgehead atoms. The first-order valence-electron chi connectivity index (χ1n) is 3.79.